The summed E-state index contributed by atoms with van der Waals surface area (Å²) in [7, 11) is -3.68. The minimum Gasteiger partial charge on any atom is -0.493 e. The Morgan fingerprint density at radius 1 is 0.889 bits per heavy atom. The average Bonchev–Trinajstić information content (AvgIpc) is 3.16. The van der Waals surface area contributed by atoms with Crippen LogP contribution in [0.15, 0.2) is 53.4 Å². The first kappa shape index (κ1) is 29.2. The Hall–Kier alpha value is -1.31. The molecule has 1 aliphatic carbocycles. The number of hydrogen-bond acceptors (Lipinski definition) is 4. The Morgan fingerprint density at radius 2 is 1.53 bits per heavy atom. The lowest BCUT2D eigenvalue weighted by atomic mass is 10.1. The van der Waals surface area contributed by atoms with Gasteiger partial charge in [-0.2, -0.15) is 4.31 Å². The zero-order valence-corrected chi connectivity index (χ0v) is 23.5. The molecule has 36 heavy (non-hydrogen) atoms. The van der Waals surface area contributed by atoms with E-state index in [0.29, 0.717) is 23.1 Å². The number of rotatable bonds is 10. The van der Waals surface area contributed by atoms with Crippen molar-refractivity contribution in [3.63, 3.8) is 0 Å². The van der Waals surface area contributed by atoms with Crippen molar-refractivity contribution >= 4 is 34.0 Å². The number of sulfonamides is 1. The largest absolute Gasteiger partial charge is 0.493 e. The van der Waals surface area contributed by atoms with E-state index < -0.39 is 10.0 Å². The minimum atomic E-state index is -3.68. The fourth-order valence-corrected chi connectivity index (χ4v) is 7.08. The Morgan fingerprint density at radius 3 is 2.22 bits per heavy atom. The minimum absolute atomic E-state index is 0. The molecule has 0 N–H and O–H groups in total. The maximum atomic E-state index is 13.8. The maximum absolute atomic E-state index is 13.8. The van der Waals surface area contributed by atoms with E-state index in [1.165, 1.54) is 45.2 Å². The number of likely N-dealkylation sites (tertiary alicyclic amines) is 1. The topological polar surface area (TPSA) is 49.9 Å². The molecule has 0 bridgehead atoms. The van der Waals surface area contributed by atoms with Gasteiger partial charge in [-0.15, -0.1) is 12.4 Å². The van der Waals surface area contributed by atoms with E-state index in [0.717, 1.165) is 50.0 Å². The molecular formula is C28H40Cl2N2O3S. The quantitative estimate of drug-likeness (QED) is 0.236. The second-order valence-electron chi connectivity index (χ2n) is 9.86. The fraction of sp³-hybridized carbons (Fsp3) is 0.571. The van der Waals surface area contributed by atoms with Crippen molar-refractivity contribution in [3.8, 4) is 5.75 Å². The van der Waals surface area contributed by atoms with Crippen LogP contribution in [-0.4, -0.2) is 49.9 Å². The molecule has 1 saturated carbocycles. The van der Waals surface area contributed by atoms with Crippen LogP contribution in [0, 0.1) is 0 Å². The third-order valence-corrected chi connectivity index (χ3v) is 9.44. The number of hydrogen-bond donors (Lipinski definition) is 0. The van der Waals surface area contributed by atoms with Crippen molar-refractivity contribution in [3.05, 3.63) is 59.1 Å². The molecule has 2 fully saturated rings. The van der Waals surface area contributed by atoms with E-state index in [4.69, 9.17) is 16.3 Å². The van der Waals surface area contributed by atoms with Crippen LogP contribution in [0.4, 0.5) is 0 Å². The predicted octanol–water partition coefficient (Wildman–Crippen LogP) is 6.93. The summed E-state index contributed by atoms with van der Waals surface area (Å²) in [6, 6.07) is 14.4. The van der Waals surface area contributed by atoms with Gasteiger partial charge in [-0.3, -0.25) is 0 Å². The molecule has 1 heterocycles. The molecule has 0 aromatic heterocycles. The zero-order valence-electron chi connectivity index (χ0n) is 21.1. The van der Waals surface area contributed by atoms with Crippen molar-refractivity contribution in [2.24, 2.45) is 0 Å². The summed E-state index contributed by atoms with van der Waals surface area (Å²) < 4.78 is 35.6. The lowest BCUT2D eigenvalue weighted by molar-refractivity contribution is 0.203. The molecule has 2 aromatic carbocycles. The summed E-state index contributed by atoms with van der Waals surface area (Å²) in [5, 5.41) is 0.535. The highest BCUT2D eigenvalue weighted by atomic mass is 35.5. The van der Waals surface area contributed by atoms with E-state index in [9.17, 15) is 8.42 Å². The van der Waals surface area contributed by atoms with Crippen LogP contribution >= 0.6 is 24.0 Å². The van der Waals surface area contributed by atoms with Crippen LogP contribution in [-0.2, 0) is 16.6 Å². The summed E-state index contributed by atoms with van der Waals surface area (Å²) in [6.07, 6.45) is 11.2. The van der Waals surface area contributed by atoms with Crippen LogP contribution in [0.2, 0.25) is 5.02 Å². The van der Waals surface area contributed by atoms with Gasteiger partial charge in [0.15, 0.2) is 0 Å². The van der Waals surface area contributed by atoms with Crippen molar-refractivity contribution in [2.45, 2.75) is 81.7 Å². The maximum Gasteiger partial charge on any atom is 0.243 e. The molecule has 0 unspecified atom stereocenters. The normalized spacial score (nSPS) is 17.9. The van der Waals surface area contributed by atoms with Gasteiger partial charge in [0.1, 0.15) is 5.75 Å². The molecule has 1 saturated heterocycles. The standard InChI is InChI=1S/C28H39ClN2O3S.ClH/c29-25-15-17-27(18-16-25)35(32,33)31(26-12-4-1-2-5-13-26)23-24-11-6-7-14-28(24)34-22-10-21-30-19-8-3-9-20-30;/h6-7,11,14-18,26H,1-5,8-10,12-13,19-23H2;1H. The first-order valence-corrected chi connectivity index (χ1v) is 15.1. The van der Waals surface area contributed by atoms with E-state index >= 15 is 0 Å². The fourth-order valence-electron chi connectivity index (χ4n) is 5.29. The van der Waals surface area contributed by atoms with Crippen molar-refractivity contribution in [1.82, 2.24) is 9.21 Å². The smallest absolute Gasteiger partial charge is 0.243 e. The number of piperidine rings is 1. The van der Waals surface area contributed by atoms with Crippen LogP contribution in [0.5, 0.6) is 5.75 Å². The molecule has 2 aliphatic rings. The highest BCUT2D eigenvalue weighted by Crippen LogP contribution is 2.31. The SMILES string of the molecule is Cl.O=S(=O)(c1ccc(Cl)cc1)N(Cc1ccccc1OCCCN1CCCCC1)C1CCCCCC1. The summed E-state index contributed by atoms with van der Waals surface area (Å²) in [4.78, 5) is 2.82. The Balaban J connectivity index is 0.00000361. The monoisotopic (exact) mass is 554 g/mol. The molecule has 0 amide bonds. The Kier molecular flexibility index (Phi) is 11.8. The van der Waals surface area contributed by atoms with Gasteiger partial charge in [-0.05, 0) is 75.5 Å². The number of nitrogens with zero attached hydrogens (tertiary/aromatic N) is 2. The summed E-state index contributed by atoms with van der Waals surface area (Å²) >= 11 is 6.04. The summed E-state index contributed by atoms with van der Waals surface area (Å²) in [5.74, 6) is 0.788. The third-order valence-electron chi connectivity index (χ3n) is 7.28. The molecule has 1 aliphatic heterocycles. The molecule has 200 valence electrons. The van der Waals surface area contributed by atoms with E-state index in [1.54, 1.807) is 28.6 Å². The van der Waals surface area contributed by atoms with Gasteiger partial charge in [-0.25, -0.2) is 8.42 Å². The number of benzene rings is 2. The lowest BCUT2D eigenvalue weighted by Gasteiger charge is -2.31. The van der Waals surface area contributed by atoms with Crippen LogP contribution < -0.4 is 4.74 Å². The molecule has 0 spiro atoms. The number of para-hydroxylation sites is 1. The molecular weight excluding hydrogens is 515 g/mol. The van der Waals surface area contributed by atoms with Crippen LogP contribution in [0.25, 0.3) is 0 Å². The van der Waals surface area contributed by atoms with E-state index in [-0.39, 0.29) is 18.4 Å². The van der Waals surface area contributed by atoms with Gasteiger partial charge < -0.3 is 9.64 Å². The molecule has 0 atom stereocenters. The Labute approximate surface area is 228 Å². The highest BCUT2D eigenvalue weighted by Gasteiger charge is 2.32. The Bertz CT molecular complexity index is 1020. The van der Waals surface area contributed by atoms with Crippen molar-refractivity contribution in [1.29, 1.82) is 0 Å². The lowest BCUT2D eigenvalue weighted by Crippen LogP contribution is -2.39. The first-order chi connectivity index (χ1) is 17.0. The summed E-state index contributed by atoms with van der Waals surface area (Å²) in [6.45, 7) is 4.39. The van der Waals surface area contributed by atoms with Crippen LogP contribution in [0.3, 0.4) is 0 Å². The third kappa shape index (κ3) is 8.09. The molecule has 0 radical (unpaired) electrons. The second kappa shape index (κ2) is 14.6. The van der Waals surface area contributed by atoms with Gasteiger partial charge >= 0.3 is 0 Å². The first-order valence-electron chi connectivity index (χ1n) is 13.2. The van der Waals surface area contributed by atoms with E-state index in [1.807, 2.05) is 24.3 Å². The van der Waals surface area contributed by atoms with Crippen molar-refractivity contribution in [2.75, 3.05) is 26.2 Å². The molecule has 8 heteroatoms. The van der Waals surface area contributed by atoms with Crippen molar-refractivity contribution < 1.29 is 13.2 Å². The van der Waals surface area contributed by atoms with E-state index in [2.05, 4.69) is 4.90 Å². The highest BCUT2D eigenvalue weighted by molar-refractivity contribution is 7.89. The number of ether oxygens (including phenoxy) is 1. The van der Waals surface area contributed by atoms with Gasteiger partial charge in [-0.1, -0.05) is 61.9 Å². The van der Waals surface area contributed by atoms with Gasteiger partial charge in [0.25, 0.3) is 0 Å². The average molecular weight is 556 g/mol. The van der Waals surface area contributed by atoms with Crippen LogP contribution in [0.1, 0.15) is 69.8 Å². The molecule has 2 aromatic rings. The number of halogens is 2. The zero-order chi connectivity index (χ0) is 24.5. The summed E-state index contributed by atoms with van der Waals surface area (Å²) in [5.41, 5.74) is 0.923. The van der Waals surface area contributed by atoms with Gasteiger partial charge in [0.2, 0.25) is 10.0 Å². The molecule has 4 rings (SSSR count). The molecule has 5 nitrogen and oxygen atoms in total. The van der Waals surface area contributed by atoms with Gasteiger partial charge in [0, 0.05) is 29.7 Å². The second-order valence-corrected chi connectivity index (χ2v) is 12.2. The van der Waals surface area contributed by atoms with Gasteiger partial charge in [0.05, 0.1) is 11.5 Å². The predicted molar refractivity (Wildman–Crippen MR) is 150 cm³/mol.